The van der Waals surface area contributed by atoms with Gasteiger partial charge in [-0.1, -0.05) is 11.8 Å². The van der Waals surface area contributed by atoms with Gasteiger partial charge in [0.2, 0.25) is 15.9 Å². The van der Waals surface area contributed by atoms with Crippen LogP contribution in [0.15, 0.2) is 17.0 Å². The van der Waals surface area contributed by atoms with Gasteiger partial charge in [0.05, 0.1) is 4.90 Å². The van der Waals surface area contributed by atoms with Gasteiger partial charge in [0, 0.05) is 32.1 Å². The number of hydrogen-bond donors (Lipinski definition) is 1. The number of nitrogens with one attached hydrogen (secondary N) is 1. The Balaban J connectivity index is 2.25. The predicted octanol–water partition coefficient (Wildman–Crippen LogP) is 1.66. The fourth-order valence-electron chi connectivity index (χ4n) is 2.25. The highest BCUT2D eigenvalue weighted by molar-refractivity contribution is 8.13. The summed E-state index contributed by atoms with van der Waals surface area (Å²) >= 11 is 1.19. The molecule has 0 radical (unpaired) electrons. The summed E-state index contributed by atoms with van der Waals surface area (Å²) in [5.41, 5.74) is 2.00. The Labute approximate surface area is 146 Å². The molecule has 9 heteroatoms. The molecule has 0 saturated carbocycles. The number of aryl methyl sites for hydroxylation is 1. The van der Waals surface area contributed by atoms with Crippen LogP contribution < -0.4 is 5.32 Å². The molecule has 1 aliphatic heterocycles. The predicted molar refractivity (Wildman–Crippen MR) is 94.8 cm³/mol. The zero-order chi connectivity index (χ0) is 18.1. The largest absolute Gasteiger partial charge is 0.324 e. The van der Waals surface area contributed by atoms with Gasteiger partial charge in [-0.3, -0.25) is 9.59 Å². The average Bonchev–Trinajstić information content (AvgIpc) is 2.88. The van der Waals surface area contributed by atoms with Crippen molar-refractivity contribution in [2.24, 2.45) is 0 Å². The molecule has 0 aromatic heterocycles. The van der Waals surface area contributed by atoms with Crippen LogP contribution in [0.2, 0.25) is 0 Å². The van der Waals surface area contributed by atoms with Gasteiger partial charge in [-0.25, -0.2) is 12.7 Å². The fraction of sp³-hybridized carbons (Fsp3) is 0.467. The number of thioether (sulfide) groups is 1. The van der Waals surface area contributed by atoms with Crippen molar-refractivity contribution in [3.05, 3.63) is 23.3 Å². The molecule has 0 unspecified atom stereocenters. The second-order valence-electron chi connectivity index (χ2n) is 5.78. The molecule has 2 rings (SSSR count). The van der Waals surface area contributed by atoms with E-state index in [4.69, 9.17) is 0 Å². The molecule has 1 aromatic carbocycles. The normalized spacial score (nSPS) is 15.2. The van der Waals surface area contributed by atoms with Gasteiger partial charge in [-0.2, -0.15) is 0 Å². The molecule has 0 spiro atoms. The summed E-state index contributed by atoms with van der Waals surface area (Å²) < 4.78 is 25.8. The van der Waals surface area contributed by atoms with E-state index in [0.29, 0.717) is 18.0 Å². The zero-order valence-corrected chi connectivity index (χ0v) is 15.8. The van der Waals surface area contributed by atoms with E-state index in [1.807, 2.05) is 6.92 Å². The van der Waals surface area contributed by atoms with Gasteiger partial charge in [0.15, 0.2) is 0 Å². The molecular weight excluding hydrogens is 350 g/mol. The quantitative estimate of drug-likeness (QED) is 0.851. The molecule has 1 saturated heterocycles. The Bertz CT molecular complexity index is 775. The second kappa shape index (κ2) is 7.12. The third-order valence-corrected chi connectivity index (χ3v) is 6.56. The van der Waals surface area contributed by atoms with Crippen molar-refractivity contribution in [2.45, 2.75) is 18.7 Å². The third kappa shape index (κ3) is 3.90. The van der Waals surface area contributed by atoms with Crippen LogP contribution in [0.1, 0.15) is 11.1 Å². The number of carbonyl (C=O) groups excluding carboxylic acids is 2. The fourth-order valence-corrected chi connectivity index (χ4v) is 4.09. The molecular formula is C15H21N3O4S2. The van der Waals surface area contributed by atoms with Gasteiger partial charge in [0.1, 0.15) is 6.54 Å². The topological polar surface area (TPSA) is 86.8 Å². The standard InChI is InChI=1S/C15H21N3O4S2/c1-10-7-12(24(21,22)17(3)4)8-13(11(10)2)16-14(19)9-18-5-6-23-15(18)20/h7-8H,5-6,9H2,1-4H3,(H,16,19). The number of anilines is 1. The van der Waals surface area contributed by atoms with Crippen molar-refractivity contribution in [3.63, 3.8) is 0 Å². The molecule has 132 valence electrons. The van der Waals surface area contributed by atoms with Gasteiger partial charge in [-0.05, 0) is 37.1 Å². The Hall–Kier alpha value is -1.58. The molecule has 0 bridgehead atoms. The molecule has 1 aromatic rings. The monoisotopic (exact) mass is 371 g/mol. The summed E-state index contributed by atoms with van der Waals surface area (Å²) in [5, 5.41) is 2.62. The summed E-state index contributed by atoms with van der Waals surface area (Å²) in [6, 6.07) is 3.04. The van der Waals surface area contributed by atoms with E-state index in [2.05, 4.69) is 5.32 Å². The summed E-state index contributed by atoms with van der Waals surface area (Å²) in [6.07, 6.45) is 0. The Morgan fingerprint density at radius 1 is 1.33 bits per heavy atom. The van der Waals surface area contributed by atoms with Crippen molar-refractivity contribution in [3.8, 4) is 0 Å². The highest BCUT2D eigenvalue weighted by atomic mass is 32.2. The van der Waals surface area contributed by atoms with Crippen LogP contribution in [0, 0.1) is 13.8 Å². The van der Waals surface area contributed by atoms with Crippen molar-refractivity contribution >= 4 is 38.6 Å². The summed E-state index contributed by atoms with van der Waals surface area (Å²) in [7, 11) is -0.676. The van der Waals surface area contributed by atoms with E-state index >= 15 is 0 Å². The average molecular weight is 371 g/mol. The lowest BCUT2D eigenvalue weighted by Gasteiger charge is -2.18. The van der Waals surface area contributed by atoms with Crippen molar-refractivity contribution < 1.29 is 18.0 Å². The Morgan fingerprint density at radius 3 is 2.54 bits per heavy atom. The van der Waals surface area contributed by atoms with Crippen molar-refractivity contribution in [2.75, 3.05) is 38.3 Å². The lowest BCUT2D eigenvalue weighted by Crippen LogP contribution is -2.33. The molecule has 0 atom stereocenters. The minimum atomic E-state index is -3.59. The first-order chi connectivity index (χ1) is 11.1. The first kappa shape index (κ1) is 18.8. The SMILES string of the molecule is Cc1cc(S(=O)(=O)N(C)C)cc(NC(=O)CN2CCSC2=O)c1C. The van der Waals surface area contributed by atoms with Crippen LogP contribution in [-0.2, 0) is 14.8 Å². The third-order valence-electron chi connectivity index (χ3n) is 3.87. The van der Waals surface area contributed by atoms with E-state index < -0.39 is 10.0 Å². The van der Waals surface area contributed by atoms with E-state index in [-0.39, 0.29) is 22.6 Å². The summed E-state index contributed by atoms with van der Waals surface area (Å²) in [4.78, 5) is 25.4. The molecule has 7 nitrogen and oxygen atoms in total. The molecule has 0 aliphatic carbocycles. The lowest BCUT2D eigenvalue weighted by atomic mass is 10.1. The maximum Gasteiger partial charge on any atom is 0.282 e. The second-order valence-corrected chi connectivity index (χ2v) is 8.98. The smallest absolute Gasteiger partial charge is 0.282 e. The van der Waals surface area contributed by atoms with E-state index in [9.17, 15) is 18.0 Å². The minimum Gasteiger partial charge on any atom is -0.324 e. The number of sulfonamides is 1. The molecule has 1 aliphatic rings. The number of amides is 2. The molecule has 2 amide bonds. The number of benzene rings is 1. The van der Waals surface area contributed by atoms with Crippen LogP contribution in [0.3, 0.4) is 0 Å². The summed E-state index contributed by atoms with van der Waals surface area (Å²) in [6.45, 7) is 4.12. The first-order valence-corrected chi connectivity index (χ1v) is 9.81. The highest BCUT2D eigenvalue weighted by Gasteiger charge is 2.24. The molecule has 1 heterocycles. The first-order valence-electron chi connectivity index (χ1n) is 7.38. The van der Waals surface area contributed by atoms with Gasteiger partial charge in [0.25, 0.3) is 5.24 Å². The number of rotatable bonds is 5. The van der Waals surface area contributed by atoms with Crippen molar-refractivity contribution in [1.29, 1.82) is 0 Å². The van der Waals surface area contributed by atoms with E-state index in [0.717, 1.165) is 15.4 Å². The maximum atomic E-state index is 12.3. The van der Waals surface area contributed by atoms with Crippen molar-refractivity contribution in [1.82, 2.24) is 9.21 Å². The lowest BCUT2D eigenvalue weighted by molar-refractivity contribution is -0.116. The molecule has 1 fully saturated rings. The van der Waals surface area contributed by atoms with Crippen LogP contribution in [0.5, 0.6) is 0 Å². The van der Waals surface area contributed by atoms with Crippen LogP contribution >= 0.6 is 11.8 Å². The minimum absolute atomic E-state index is 0.0328. The van der Waals surface area contributed by atoms with Gasteiger partial charge < -0.3 is 10.2 Å². The van der Waals surface area contributed by atoms with Crippen LogP contribution in [0.4, 0.5) is 10.5 Å². The van der Waals surface area contributed by atoms with Gasteiger partial charge in [-0.15, -0.1) is 0 Å². The number of nitrogens with zero attached hydrogens (tertiary/aromatic N) is 2. The summed E-state index contributed by atoms with van der Waals surface area (Å²) in [5.74, 6) is 0.341. The number of hydrogen-bond acceptors (Lipinski definition) is 5. The Morgan fingerprint density at radius 2 is 2.00 bits per heavy atom. The van der Waals surface area contributed by atoms with Crippen LogP contribution in [-0.4, -0.2) is 61.7 Å². The number of carbonyl (C=O) groups is 2. The molecule has 24 heavy (non-hydrogen) atoms. The van der Waals surface area contributed by atoms with E-state index in [1.54, 1.807) is 13.0 Å². The van der Waals surface area contributed by atoms with Crippen LogP contribution in [0.25, 0.3) is 0 Å². The Kier molecular flexibility index (Phi) is 5.56. The van der Waals surface area contributed by atoms with Gasteiger partial charge >= 0.3 is 0 Å². The highest BCUT2D eigenvalue weighted by Crippen LogP contribution is 2.26. The zero-order valence-electron chi connectivity index (χ0n) is 14.1. The maximum absolute atomic E-state index is 12.3. The molecule has 1 N–H and O–H groups in total. The van der Waals surface area contributed by atoms with E-state index in [1.165, 1.54) is 36.8 Å².